The molecule has 1 rings (SSSR count). The average Bonchev–Trinajstić information content (AvgIpc) is 2.44. The Bertz CT molecular complexity index is 479. The van der Waals surface area contributed by atoms with Crippen LogP contribution in [0.25, 0.3) is 0 Å². The van der Waals surface area contributed by atoms with E-state index in [2.05, 4.69) is 32.9 Å². The van der Waals surface area contributed by atoms with Crippen LogP contribution in [0.3, 0.4) is 0 Å². The zero-order valence-corrected chi connectivity index (χ0v) is 13.2. The first kappa shape index (κ1) is 17.4. The largest absolute Gasteiger partial charge is 0.481 e. The first-order valence-corrected chi connectivity index (χ1v) is 7.40. The molecule has 116 valence electrons. The van der Waals surface area contributed by atoms with Gasteiger partial charge in [0.2, 0.25) is 0 Å². The number of rotatable bonds is 7. The Kier molecular flexibility index (Phi) is 6.63. The molecule has 0 aromatic carbocycles. The first-order valence-electron chi connectivity index (χ1n) is 7.40. The van der Waals surface area contributed by atoms with Gasteiger partial charge >= 0.3 is 5.97 Å². The lowest BCUT2D eigenvalue weighted by Crippen LogP contribution is -2.37. The van der Waals surface area contributed by atoms with Gasteiger partial charge in [0.25, 0.3) is 0 Å². The van der Waals surface area contributed by atoms with Crippen LogP contribution in [0.4, 0.5) is 0 Å². The molecule has 0 amide bonds. The van der Waals surface area contributed by atoms with Crippen LogP contribution in [0.5, 0.6) is 0 Å². The molecular weight excluding hydrogens is 264 g/mol. The summed E-state index contributed by atoms with van der Waals surface area (Å²) in [5.74, 6) is -1.56. The van der Waals surface area contributed by atoms with Crippen molar-refractivity contribution < 1.29 is 15.0 Å². The molecule has 21 heavy (non-hydrogen) atoms. The highest BCUT2D eigenvalue weighted by atomic mass is 16.4. The zero-order valence-electron chi connectivity index (χ0n) is 13.2. The van der Waals surface area contributed by atoms with Crippen molar-refractivity contribution in [2.24, 2.45) is 11.3 Å². The number of carboxylic acid groups (broad SMARTS) is 1. The Hall–Kier alpha value is -1.61. The Morgan fingerprint density at radius 3 is 2.52 bits per heavy atom. The predicted octanol–water partition coefficient (Wildman–Crippen LogP) is 3.87. The van der Waals surface area contributed by atoms with Gasteiger partial charge in [0.1, 0.15) is 0 Å². The normalized spacial score (nSPS) is 25.0. The lowest BCUT2D eigenvalue weighted by Gasteiger charge is -2.34. The molecule has 0 aliphatic heterocycles. The minimum atomic E-state index is -0.889. The van der Waals surface area contributed by atoms with E-state index in [4.69, 9.17) is 0 Å². The van der Waals surface area contributed by atoms with Gasteiger partial charge in [-0.15, -0.1) is 0 Å². The van der Waals surface area contributed by atoms with Crippen LogP contribution in [0.2, 0.25) is 0 Å². The number of hydrogen-bond acceptors (Lipinski definition) is 2. The molecule has 0 aromatic heterocycles. The number of carbonyl (C=O) groups is 1. The predicted molar refractivity (Wildman–Crippen MR) is 86.0 cm³/mol. The summed E-state index contributed by atoms with van der Waals surface area (Å²) in [5, 5.41) is 19.1. The highest BCUT2D eigenvalue weighted by Crippen LogP contribution is 2.37. The third kappa shape index (κ3) is 5.01. The zero-order chi connectivity index (χ0) is 15.9. The molecular formula is C18H26O3. The number of carboxylic acids is 1. The van der Waals surface area contributed by atoms with Crippen molar-refractivity contribution in [3.63, 3.8) is 0 Å². The maximum absolute atomic E-state index is 11.4. The monoisotopic (exact) mass is 290 g/mol. The van der Waals surface area contributed by atoms with Gasteiger partial charge in [-0.25, -0.2) is 0 Å². The first-order chi connectivity index (χ1) is 9.91. The SMILES string of the molecule is CC(C)=CCC/C(C)=C/CC1(CO)C=CC=CC1C(=O)O. The van der Waals surface area contributed by atoms with Crippen LogP contribution in [0.15, 0.2) is 47.6 Å². The Morgan fingerprint density at radius 1 is 1.24 bits per heavy atom. The molecule has 2 atom stereocenters. The van der Waals surface area contributed by atoms with E-state index >= 15 is 0 Å². The number of aliphatic hydroxyl groups excluding tert-OH is 1. The van der Waals surface area contributed by atoms with Gasteiger partial charge in [-0.05, 0) is 40.0 Å². The highest BCUT2D eigenvalue weighted by molar-refractivity contribution is 5.74. The second-order valence-electron chi connectivity index (χ2n) is 6.03. The van der Waals surface area contributed by atoms with Crippen molar-refractivity contribution in [2.45, 2.75) is 40.0 Å². The summed E-state index contributed by atoms with van der Waals surface area (Å²) in [6.45, 7) is 6.05. The number of aliphatic hydroxyl groups is 1. The summed E-state index contributed by atoms with van der Waals surface area (Å²) >= 11 is 0. The van der Waals surface area contributed by atoms with E-state index < -0.39 is 17.3 Å². The van der Waals surface area contributed by atoms with Crippen LogP contribution in [0, 0.1) is 11.3 Å². The molecule has 0 heterocycles. The Balaban J connectivity index is 2.76. The lowest BCUT2D eigenvalue weighted by atomic mass is 9.70. The standard InChI is InChI=1S/C18H26O3/c1-14(2)7-6-8-15(3)10-12-18(13-19)11-5-4-9-16(18)17(20)21/h4-5,7,9-11,16,19H,6,8,12-13H2,1-3H3,(H,20,21)/b15-10+. The minimum Gasteiger partial charge on any atom is -0.481 e. The number of aliphatic carboxylic acids is 1. The van der Waals surface area contributed by atoms with Crippen molar-refractivity contribution in [3.05, 3.63) is 47.6 Å². The summed E-state index contributed by atoms with van der Waals surface area (Å²) in [6.07, 6.45) is 13.8. The summed E-state index contributed by atoms with van der Waals surface area (Å²) in [4.78, 5) is 11.4. The van der Waals surface area contributed by atoms with Crippen LogP contribution >= 0.6 is 0 Å². The molecule has 2 N–H and O–H groups in total. The van der Waals surface area contributed by atoms with Gasteiger partial charge in [-0.3, -0.25) is 4.79 Å². The molecule has 0 saturated heterocycles. The average molecular weight is 290 g/mol. The molecule has 0 saturated carbocycles. The molecule has 1 aliphatic rings. The molecule has 1 aliphatic carbocycles. The van der Waals surface area contributed by atoms with E-state index in [1.165, 1.54) is 11.1 Å². The van der Waals surface area contributed by atoms with E-state index in [1.807, 2.05) is 12.2 Å². The van der Waals surface area contributed by atoms with Crippen LogP contribution in [-0.2, 0) is 4.79 Å². The molecule has 3 nitrogen and oxygen atoms in total. The second-order valence-corrected chi connectivity index (χ2v) is 6.03. The topological polar surface area (TPSA) is 57.5 Å². The minimum absolute atomic E-state index is 0.164. The number of hydrogen-bond donors (Lipinski definition) is 2. The van der Waals surface area contributed by atoms with Crippen molar-refractivity contribution in [1.82, 2.24) is 0 Å². The maximum Gasteiger partial charge on any atom is 0.311 e. The number of allylic oxidation sites excluding steroid dienone is 6. The van der Waals surface area contributed by atoms with Crippen LogP contribution < -0.4 is 0 Å². The van der Waals surface area contributed by atoms with Gasteiger partial charge in [0, 0.05) is 5.41 Å². The second kappa shape index (κ2) is 7.99. The molecule has 0 bridgehead atoms. The molecule has 0 fully saturated rings. The third-order valence-electron chi connectivity index (χ3n) is 3.94. The fraction of sp³-hybridized carbons (Fsp3) is 0.500. The quantitative estimate of drug-likeness (QED) is 0.700. The molecule has 0 radical (unpaired) electrons. The van der Waals surface area contributed by atoms with Crippen molar-refractivity contribution in [1.29, 1.82) is 0 Å². The molecule has 3 heteroatoms. The fourth-order valence-corrected chi connectivity index (χ4v) is 2.51. The molecule has 0 spiro atoms. The fourth-order valence-electron chi connectivity index (χ4n) is 2.51. The molecule has 0 aromatic rings. The van der Waals surface area contributed by atoms with Crippen LogP contribution in [-0.4, -0.2) is 22.8 Å². The summed E-state index contributed by atoms with van der Waals surface area (Å²) in [5.41, 5.74) is 1.81. The van der Waals surface area contributed by atoms with Gasteiger partial charge < -0.3 is 10.2 Å². The lowest BCUT2D eigenvalue weighted by molar-refractivity contribution is -0.144. The van der Waals surface area contributed by atoms with Gasteiger partial charge in [0.05, 0.1) is 12.5 Å². The van der Waals surface area contributed by atoms with Gasteiger partial charge in [-0.1, -0.05) is 47.6 Å². The van der Waals surface area contributed by atoms with Crippen molar-refractivity contribution in [2.75, 3.05) is 6.61 Å². The summed E-state index contributed by atoms with van der Waals surface area (Å²) in [6, 6.07) is 0. The Labute approximate surface area is 127 Å². The Morgan fingerprint density at radius 2 is 1.95 bits per heavy atom. The maximum atomic E-state index is 11.4. The van der Waals surface area contributed by atoms with Gasteiger partial charge in [0.15, 0.2) is 0 Å². The highest BCUT2D eigenvalue weighted by Gasteiger charge is 2.39. The van der Waals surface area contributed by atoms with E-state index in [9.17, 15) is 15.0 Å². The van der Waals surface area contributed by atoms with E-state index in [-0.39, 0.29) is 6.61 Å². The van der Waals surface area contributed by atoms with E-state index in [0.717, 1.165) is 12.8 Å². The summed E-state index contributed by atoms with van der Waals surface area (Å²) in [7, 11) is 0. The van der Waals surface area contributed by atoms with Crippen LogP contribution in [0.1, 0.15) is 40.0 Å². The van der Waals surface area contributed by atoms with Crippen molar-refractivity contribution >= 4 is 5.97 Å². The van der Waals surface area contributed by atoms with Gasteiger partial charge in [-0.2, -0.15) is 0 Å². The van der Waals surface area contributed by atoms with E-state index in [0.29, 0.717) is 6.42 Å². The smallest absolute Gasteiger partial charge is 0.311 e. The molecule has 2 unspecified atom stereocenters. The van der Waals surface area contributed by atoms with Crippen molar-refractivity contribution in [3.8, 4) is 0 Å². The summed E-state index contributed by atoms with van der Waals surface area (Å²) < 4.78 is 0. The third-order valence-corrected chi connectivity index (χ3v) is 3.94. The van der Waals surface area contributed by atoms with E-state index in [1.54, 1.807) is 12.2 Å².